The van der Waals surface area contributed by atoms with E-state index in [1.54, 1.807) is 12.1 Å². The molecule has 40 heavy (non-hydrogen) atoms. The SMILES string of the molecule is CC1(C)C2Cc3nc(-c4cccc(C(=O)c5cccc(-c6ccc7c(n6)CC6CC7C6(C)C)n5)n4)ccc3C1C2. The number of carbonyl (C=O) groups excluding carboxylic acids is 1. The number of aromatic nitrogens is 4. The molecule has 4 heterocycles. The van der Waals surface area contributed by atoms with Gasteiger partial charge in [0.25, 0.3) is 0 Å². The molecule has 0 amide bonds. The zero-order valence-corrected chi connectivity index (χ0v) is 23.6. The predicted octanol–water partition coefficient (Wildman–Crippen LogP) is 7.20. The lowest BCUT2D eigenvalue weighted by atomic mass is 9.48. The first-order chi connectivity index (χ1) is 19.2. The van der Waals surface area contributed by atoms with Crippen molar-refractivity contribution in [2.45, 2.75) is 65.2 Å². The number of pyridine rings is 4. The van der Waals surface area contributed by atoms with Gasteiger partial charge in [0.2, 0.25) is 5.78 Å². The zero-order valence-electron chi connectivity index (χ0n) is 23.6. The molecule has 5 heteroatoms. The summed E-state index contributed by atoms with van der Waals surface area (Å²) in [4.78, 5) is 33.1. The molecule has 0 aromatic carbocycles. The Morgan fingerprint density at radius 1 is 0.600 bits per heavy atom. The zero-order chi connectivity index (χ0) is 27.4. The quantitative estimate of drug-likeness (QED) is 0.263. The summed E-state index contributed by atoms with van der Waals surface area (Å²) in [5, 5.41) is 0. The van der Waals surface area contributed by atoms with E-state index in [2.05, 4.69) is 52.0 Å². The molecule has 10 rings (SSSR count). The fourth-order valence-electron chi connectivity index (χ4n) is 8.06. The summed E-state index contributed by atoms with van der Waals surface area (Å²) >= 11 is 0. The van der Waals surface area contributed by atoms with Crippen molar-refractivity contribution in [3.8, 4) is 22.8 Å². The van der Waals surface area contributed by atoms with E-state index in [1.165, 1.54) is 35.4 Å². The Kier molecular flexibility index (Phi) is 4.91. The minimum atomic E-state index is -0.189. The maximum absolute atomic E-state index is 13.6. The first kappa shape index (κ1) is 24.1. The van der Waals surface area contributed by atoms with Crippen LogP contribution in [0, 0.1) is 22.7 Å². The molecule has 4 aromatic heterocycles. The van der Waals surface area contributed by atoms with Crippen molar-refractivity contribution in [3.05, 3.63) is 94.6 Å². The summed E-state index contributed by atoms with van der Waals surface area (Å²) in [5.74, 6) is 2.42. The van der Waals surface area contributed by atoms with Crippen molar-refractivity contribution >= 4 is 5.78 Å². The molecule has 4 atom stereocenters. The molecule has 0 spiro atoms. The van der Waals surface area contributed by atoms with Gasteiger partial charge in [-0.2, -0.15) is 0 Å². The number of hydrogen-bond donors (Lipinski definition) is 0. The number of carbonyl (C=O) groups is 1. The Labute approximate surface area is 235 Å². The van der Waals surface area contributed by atoms with Crippen molar-refractivity contribution in [2.75, 3.05) is 0 Å². The van der Waals surface area contributed by atoms with Gasteiger partial charge in [-0.3, -0.25) is 14.8 Å². The first-order valence-electron chi connectivity index (χ1n) is 14.7. The van der Waals surface area contributed by atoms with Gasteiger partial charge in [0, 0.05) is 11.4 Å². The van der Waals surface area contributed by atoms with Crippen LogP contribution in [0.3, 0.4) is 0 Å². The smallest absolute Gasteiger partial charge is 0.229 e. The van der Waals surface area contributed by atoms with Crippen LogP contribution in [0.2, 0.25) is 0 Å². The summed E-state index contributed by atoms with van der Waals surface area (Å²) < 4.78 is 0. The molecule has 0 aliphatic heterocycles. The van der Waals surface area contributed by atoms with Gasteiger partial charge in [0.1, 0.15) is 11.4 Å². The Hall–Kier alpha value is -3.73. The molecule has 6 aliphatic rings. The van der Waals surface area contributed by atoms with E-state index in [0.717, 1.165) is 35.6 Å². The van der Waals surface area contributed by atoms with E-state index >= 15 is 0 Å². The second kappa shape index (κ2) is 8.15. The average molecular weight is 527 g/mol. The van der Waals surface area contributed by atoms with Crippen LogP contribution in [0.25, 0.3) is 22.8 Å². The van der Waals surface area contributed by atoms with Crippen LogP contribution in [-0.2, 0) is 12.8 Å². The Balaban J connectivity index is 1.07. The maximum Gasteiger partial charge on any atom is 0.229 e. The lowest BCUT2D eigenvalue weighted by Crippen LogP contribution is -2.48. The van der Waals surface area contributed by atoms with E-state index in [-0.39, 0.29) is 5.78 Å². The average Bonchev–Trinajstić information content (AvgIpc) is 2.99. The Bertz CT molecular complexity index is 1600. The van der Waals surface area contributed by atoms with Crippen LogP contribution in [0.4, 0.5) is 0 Å². The molecular weight excluding hydrogens is 492 g/mol. The summed E-state index contributed by atoms with van der Waals surface area (Å²) in [5.41, 5.74) is 9.78. The van der Waals surface area contributed by atoms with Crippen molar-refractivity contribution in [2.24, 2.45) is 22.7 Å². The van der Waals surface area contributed by atoms with Crippen LogP contribution in [0.5, 0.6) is 0 Å². The van der Waals surface area contributed by atoms with E-state index in [4.69, 9.17) is 19.9 Å². The van der Waals surface area contributed by atoms with Gasteiger partial charge in [-0.1, -0.05) is 52.0 Å². The predicted molar refractivity (Wildman–Crippen MR) is 155 cm³/mol. The van der Waals surface area contributed by atoms with E-state index in [0.29, 0.717) is 45.9 Å². The van der Waals surface area contributed by atoms with Crippen molar-refractivity contribution < 1.29 is 4.79 Å². The highest BCUT2D eigenvalue weighted by molar-refractivity contribution is 6.06. The van der Waals surface area contributed by atoms with Gasteiger partial charge in [-0.25, -0.2) is 9.97 Å². The third kappa shape index (κ3) is 3.36. The summed E-state index contributed by atoms with van der Waals surface area (Å²) in [6.45, 7) is 9.53. The van der Waals surface area contributed by atoms with E-state index in [9.17, 15) is 4.79 Å². The minimum absolute atomic E-state index is 0.189. The molecule has 0 saturated heterocycles. The van der Waals surface area contributed by atoms with Crippen molar-refractivity contribution in [1.82, 2.24) is 19.9 Å². The first-order valence-corrected chi connectivity index (χ1v) is 14.7. The Morgan fingerprint density at radius 2 is 1.02 bits per heavy atom. The standard InChI is InChI=1S/C35H34N4O/c1-34(2)19-15-23(34)21-11-13-27(38-31(21)17-19)25-7-5-9-29(36-25)33(40)30-10-6-8-26(37-30)28-14-12-22-24-16-20(35(24,3)4)18-32(22)39-28/h5-14,19-20,23-24H,15-18H2,1-4H3. The topological polar surface area (TPSA) is 68.6 Å². The van der Waals surface area contributed by atoms with E-state index in [1.807, 2.05) is 24.3 Å². The molecule has 4 aromatic rings. The van der Waals surface area contributed by atoms with Crippen LogP contribution < -0.4 is 0 Å². The molecule has 5 nitrogen and oxygen atoms in total. The van der Waals surface area contributed by atoms with Gasteiger partial charge in [-0.05, 0) is 108 Å². The number of ketones is 1. The van der Waals surface area contributed by atoms with Gasteiger partial charge in [0.15, 0.2) is 0 Å². The van der Waals surface area contributed by atoms with Crippen LogP contribution in [-0.4, -0.2) is 25.7 Å². The van der Waals surface area contributed by atoms with E-state index < -0.39 is 0 Å². The normalized spacial score (nSPS) is 26.1. The summed E-state index contributed by atoms with van der Waals surface area (Å²) in [6, 6.07) is 19.8. The van der Waals surface area contributed by atoms with Crippen LogP contribution >= 0.6 is 0 Å². The van der Waals surface area contributed by atoms with Crippen LogP contribution in [0.15, 0.2) is 60.7 Å². The molecule has 6 aliphatic carbocycles. The fraction of sp³-hybridized carbons (Fsp3) is 0.400. The van der Waals surface area contributed by atoms with Gasteiger partial charge in [-0.15, -0.1) is 0 Å². The van der Waals surface area contributed by atoms with Crippen molar-refractivity contribution in [3.63, 3.8) is 0 Å². The number of rotatable bonds is 4. The highest BCUT2D eigenvalue weighted by atomic mass is 16.1. The lowest BCUT2D eigenvalue weighted by molar-refractivity contribution is 0.0170. The monoisotopic (exact) mass is 526 g/mol. The summed E-state index contributed by atoms with van der Waals surface area (Å²) in [7, 11) is 0. The second-order valence-corrected chi connectivity index (χ2v) is 13.6. The maximum atomic E-state index is 13.6. The third-order valence-corrected chi connectivity index (χ3v) is 11.1. The minimum Gasteiger partial charge on any atom is -0.285 e. The summed E-state index contributed by atoms with van der Waals surface area (Å²) in [6.07, 6.45) is 4.60. The van der Waals surface area contributed by atoms with Gasteiger partial charge >= 0.3 is 0 Å². The largest absolute Gasteiger partial charge is 0.285 e. The molecule has 2 fully saturated rings. The third-order valence-electron chi connectivity index (χ3n) is 11.1. The molecule has 0 N–H and O–H groups in total. The lowest BCUT2D eigenvalue weighted by Gasteiger charge is -2.56. The van der Waals surface area contributed by atoms with Crippen molar-refractivity contribution in [1.29, 1.82) is 0 Å². The molecular formula is C35H34N4O. The molecule has 0 radical (unpaired) electrons. The highest BCUT2D eigenvalue weighted by Crippen LogP contribution is 2.62. The number of hydrogen-bond acceptors (Lipinski definition) is 5. The molecule has 200 valence electrons. The molecule has 4 bridgehead atoms. The molecule has 2 saturated carbocycles. The fourth-order valence-corrected chi connectivity index (χ4v) is 8.06. The number of nitrogens with zero attached hydrogens (tertiary/aromatic N) is 4. The highest BCUT2D eigenvalue weighted by Gasteiger charge is 2.53. The second-order valence-electron chi connectivity index (χ2n) is 13.6. The Morgan fingerprint density at radius 3 is 1.45 bits per heavy atom. The van der Waals surface area contributed by atoms with Crippen LogP contribution in [0.1, 0.15) is 91.1 Å². The van der Waals surface area contributed by atoms with Gasteiger partial charge in [0.05, 0.1) is 22.8 Å². The van der Waals surface area contributed by atoms with Gasteiger partial charge < -0.3 is 0 Å². The molecule has 4 unspecified atom stereocenters.